The molecule has 10 heteroatoms. The van der Waals surface area contributed by atoms with E-state index in [0.717, 1.165) is 0 Å². The fraction of sp³-hybridized carbons (Fsp3) is 0.435. The third kappa shape index (κ3) is 4.14. The zero-order valence-electron chi connectivity index (χ0n) is 18.0. The Balaban J connectivity index is 1.69. The summed E-state index contributed by atoms with van der Waals surface area (Å²) < 4.78 is 55.5. The number of carbonyl (C=O) groups excluding carboxylic acids is 1. The highest BCUT2D eigenvalue weighted by atomic mass is 19.3. The van der Waals surface area contributed by atoms with Gasteiger partial charge in [0.05, 0.1) is 42.1 Å². The first-order valence-corrected chi connectivity index (χ1v) is 10.8. The van der Waals surface area contributed by atoms with Crippen molar-refractivity contribution in [2.24, 2.45) is 0 Å². The Kier molecular flexibility index (Phi) is 6.27. The van der Waals surface area contributed by atoms with E-state index >= 15 is 0 Å². The van der Waals surface area contributed by atoms with Crippen molar-refractivity contribution < 1.29 is 22.4 Å². The molecule has 0 spiro atoms. The molecule has 2 heterocycles. The maximum atomic E-state index is 14.1. The highest BCUT2D eigenvalue weighted by Crippen LogP contribution is 2.43. The van der Waals surface area contributed by atoms with Gasteiger partial charge >= 0.3 is 0 Å². The van der Waals surface area contributed by atoms with Gasteiger partial charge in [0.2, 0.25) is 0 Å². The lowest BCUT2D eigenvalue weighted by Crippen LogP contribution is -2.31. The minimum atomic E-state index is -2.89. The summed E-state index contributed by atoms with van der Waals surface area (Å²) >= 11 is 0. The van der Waals surface area contributed by atoms with E-state index in [4.69, 9.17) is 0 Å². The summed E-state index contributed by atoms with van der Waals surface area (Å²) in [6.07, 6.45) is 2.34. The number of aromatic amines is 1. The molecule has 0 saturated carbocycles. The van der Waals surface area contributed by atoms with E-state index in [2.05, 4.69) is 15.5 Å². The Morgan fingerprint density at radius 2 is 2.00 bits per heavy atom. The van der Waals surface area contributed by atoms with Crippen molar-refractivity contribution in [2.75, 3.05) is 13.3 Å². The number of benzene rings is 1. The summed E-state index contributed by atoms with van der Waals surface area (Å²) in [6.45, 7) is 0.199. The van der Waals surface area contributed by atoms with Gasteiger partial charge in [0, 0.05) is 24.2 Å². The van der Waals surface area contributed by atoms with E-state index in [9.17, 15) is 27.2 Å². The molecule has 1 aliphatic carbocycles. The largest absolute Gasteiger partial charge is 0.345 e. The van der Waals surface area contributed by atoms with E-state index in [0.29, 0.717) is 11.1 Å². The average Bonchev–Trinajstić information content (AvgIpc) is 3.39. The average molecular weight is 464 g/mol. The summed E-state index contributed by atoms with van der Waals surface area (Å²) in [7, 11) is 0. The van der Waals surface area contributed by atoms with Crippen LogP contribution in [0.4, 0.5) is 17.6 Å². The van der Waals surface area contributed by atoms with Crippen LogP contribution in [0.25, 0.3) is 10.9 Å². The smallest absolute Gasteiger partial charge is 0.273 e. The second kappa shape index (κ2) is 8.99. The number of pyridine rings is 1. The fourth-order valence-corrected chi connectivity index (χ4v) is 4.57. The molecule has 2 N–H and O–H groups in total. The Bertz CT molecular complexity index is 1230. The first kappa shape index (κ1) is 23.0. The van der Waals surface area contributed by atoms with Crippen LogP contribution in [0.3, 0.4) is 0 Å². The lowest BCUT2D eigenvalue weighted by molar-refractivity contribution is -0.00185. The number of amides is 1. The van der Waals surface area contributed by atoms with Gasteiger partial charge in [-0.2, -0.15) is 5.10 Å². The molecule has 1 amide bonds. The summed E-state index contributed by atoms with van der Waals surface area (Å²) in [5.74, 6) is -3.46. The van der Waals surface area contributed by atoms with Crippen LogP contribution in [-0.4, -0.2) is 34.0 Å². The SMILES string of the molecule is C[C@@H](NC(=O)c1cn(C(CCF)CCF)c(=O)c2cn[nH]c12)c1cccc2c1CCC2(F)F. The van der Waals surface area contributed by atoms with Crippen molar-refractivity contribution in [1.29, 1.82) is 0 Å². The minimum Gasteiger partial charge on any atom is -0.345 e. The first-order valence-electron chi connectivity index (χ1n) is 10.8. The topological polar surface area (TPSA) is 79.8 Å². The maximum Gasteiger partial charge on any atom is 0.273 e. The Labute approximate surface area is 187 Å². The van der Waals surface area contributed by atoms with Gasteiger partial charge in [-0.05, 0) is 37.3 Å². The molecule has 1 aliphatic rings. The molecule has 33 heavy (non-hydrogen) atoms. The van der Waals surface area contributed by atoms with Gasteiger partial charge in [0.1, 0.15) is 0 Å². The number of carbonyl (C=O) groups is 1. The maximum absolute atomic E-state index is 14.1. The summed E-state index contributed by atoms with van der Waals surface area (Å²) in [4.78, 5) is 26.0. The third-order valence-corrected chi connectivity index (χ3v) is 6.27. The molecule has 0 unspecified atom stereocenters. The Morgan fingerprint density at radius 3 is 2.70 bits per heavy atom. The van der Waals surface area contributed by atoms with Gasteiger partial charge in [0.25, 0.3) is 17.4 Å². The number of nitrogens with zero attached hydrogens (tertiary/aromatic N) is 2. The van der Waals surface area contributed by atoms with Gasteiger partial charge < -0.3 is 9.88 Å². The summed E-state index contributed by atoms with van der Waals surface area (Å²) in [5, 5.41) is 9.41. The number of alkyl halides is 4. The monoisotopic (exact) mass is 464 g/mol. The predicted molar refractivity (Wildman–Crippen MR) is 115 cm³/mol. The number of halogens is 4. The lowest BCUT2D eigenvalue weighted by atomic mass is 9.97. The van der Waals surface area contributed by atoms with E-state index in [1.165, 1.54) is 23.0 Å². The molecule has 0 bridgehead atoms. The molecule has 0 aliphatic heterocycles. The molecule has 6 nitrogen and oxygen atoms in total. The fourth-order valence-electron chi connectivity index (χ4n) is 4.57. The van der Waals surface area contributed by atoms with Gasteiger partial charge in [-0.1, -0.05) is 18.2 Å². The van der Waals surface area contributed by atoms with Crippen molar-refractivity contribution in [3.05, 3.63) is 63.2 Å². The third-order valence-electron chi connectivity index (χ3n) is 6.27. The number of fused-ring (bicyclic) bond motifs is 2. The number of hydrogen-bond acceptors (Lipinski definition) is 3. The predicted octanol–water partition coefficient (Wildman–Crippen LogP) is 4.51. The van der Waals surface area contributed by atoms with Crippen LogP contribution in [0.1, 0.15) is 65.3 Å². The number of hydrogen-bond donors (Lipinski definition) is 2. The van der Waals surface area contributed by atoms with Crippen LogP contribution < -0.4 is 10.9 Å². The van der Waals surface area contributed by atoms with Gasteiger partial charge in [-0.25, -0.2) is 8.78 Å². The molecule has 4 rings (SSSR count). The van der Waals surface area contributed by atoms with E-state index in [1.54, 1.807) is 19.1 Å². The first-order chi connectivity index (χ1) is 15.8. The zero-order chi connectivity index (χ0) is 23.8. The molecule has 3 aromatic rings. The van der Waals surface area contributed by atoms with E-state index < -0.39 is 42.8 Å². The molecule has 1 aromatic carbocycles. The van der Waals surface area contributed by atoms with Crippen molar-refractivity contribution in [3.63, 3.8) is 0 Å². The van der Waals surface area contributed by atoms with Crippen molar-refractivity contribution in [3.8, 4) is 0 Å². The molecule has 1 atom stereocenters. The highest BCUT2D eigenvalue weighted by Gasteiger charge is 2.40. The summed E-state index contributed by atoms with van der Waals surface area (Å²) in [5.41, 5.74) is 0.877. The molecular formula is C23H24F4N4O2. The van der Waals surface area contributed by atoms with Crippen LogP contribution in [0.2, 0.25) is 0 Å². The molecule has 0 fully saturated rings. The molecular weight excluding hydrogens is 440 g/mol. The number of H-pyrrole nitrogens is 1. The molecule has 176 valence electrons. The van der Waals surface area contributed by atoms with Crippen LogP contribution in [0.15, 0.2) is 35.4 Å². The van der Waals surface area contributed by atoms with Crippen molar-refractivity contribution in [2.45, 2.75) is 50.6 Å². The second-order valence-corrected chi connectivity index (χ2v) is 8.30. The number of rotatable bonds is 8. The van der Waals surface area contributed by atoms with Crippen molar-refractivity contribution in [1.82, 2.24) is 20.1 Å². The van der Waals surface area contributed by atoms with Crippen LogP contribution in [-0.2, 0) is 12.3 Å². The number of nitrogens with one attached hydrogen (secondary N) is 2. The molecule has 0 radical (unpaired) electrons. The van der Waals surface area contributed by atoms with Crippen LogP contribution in [0, 0.1) is 0 Å². The van der Waals surface area contributed by atoms with Gasteiger partial charge in [-0.15, -0.1) is 0 Å². The highest BCUT2D eigenvalue weighted by molar-refractivity contribution is 6.05. The van der Waals surface area contributed by atoms with Gasteiger partial charge in [0.15, 0.2) is 0 Å². The zero-order valence-corrected chi connectivity index (χ0v) is 18.0. The minimum absolute atomic E-state index is 0.0223. The normalized spacial score (nSPS) is 15.7. The standard InChI is InChI=1S/C23H24F4N4O2/c1-13(15-3-2-4-19-16(15)5-8-23(19,26)27)29-21(32)18-12-31(14(6-9-24)7-10-25)22(33)17-11-28-30-20(17)18/h2-4,11-14H,5-10H2,1H3,(H,28,30)(H,29,32)/t13-/m1/s1. The van der Waals surface area contributed by atoms with E-state index in [1.807, 2.05) is 0 Å². The lowest BCUT2D eigenvalue weighted by Gasteiger charge is -2.21. The molecule has 0 saturated heterocycles. The molecule has 2 aromatic heterocycles. The quantitative estimate of drug-likeness (QED) is 0.482. The van der Waals surface area contributed by atoms with Crippen molar-refractivity contribution >= 4 is 16.8 Å². The Hall–Kier alpha value is -3.17. The number of aromatic nitrogens is 3. The second-order valence-electron chi connectivity index (χ2n) is 8.30. The van der Waals surface area contributed by atoms with Gasteiger partial charge in [-0.3, -0.25) is 23.5 Å². The summed E-state index contributed by atoms with van der Waals surface area (Å²) in [6, 6.07) is 3.31. The van der Waals surface area contributed by atoms with Crippen LogP contribution in [0.5, 0.6) is 0 Å². The Morgan fingerprint density at radius 1 is 1.27 bits per heavy atom. The van der Waals surface area contributed by atoms with E-state index in [-0.39, 0.29) is 47.7 Å². The van der Waals surface area contributed by atoms with Crippen LogP contribution >= 0.6 is 0 Å².